The summed E-state index contributed by atoms with van der Waals surface area (Å²) in [5.74, 6) is 0.274. The monoisotopic (exact) mass is 208 g/mol. The predicted molar refractivity (Wildman–Crippen MR) is 60.6 cm³/mol. The molecular formula is C12H20N2O. The fourth-order valence-electron chi connectivity index (χ4n) is 2.53. The molecule has 1 unspecified atom stereocenters. The number of ketones is 1. The average molecular weight is 208 g/mol. The minimum atomic E-state index is 0.274. The molecule has 0 saturated carbocycles. The number of hydrogen-bond donors (Lipinski definition) is 1. The van der Waals surface area contributed by atoms with Gasteiger partial charge in [-0.05, 0) is 32.4 Å². The first kappa shape index (κ1) is 10.7. The second-order valence-corrected chi connectivity index (χ2v) is 4.44. The number of nitrogens with one attached hydrogen (secondary N) is 1. The van der Waals surface area contributed by atoms with E-state index < -0.39 is 0 Å². The van der Waals surface area contributed by atoms with Crippen molar-refractivity contribution in [3.05, 3.63) is 11.8 Å². The summed E-state index contributed by atoms with van der Waals surface area (Å²) in [6.45, 7) is 5.61. The minimum Gasteiger partial charge on any atom is -0.387 e. The number of likely N-dealkylation sites (tertiary alicyclic amines) is 1. The largest absolute Gasteiger partial charge is 0.387 e. The SMILES string of the molecule is CCN1CCCC1CNC1=CC(=O)CC1. The van der Waals surface area contributed by atoms with E-state index in [0.29, 0.717) is 12.5 Å². The first-order valence-electron chi connectivity index (χ1n) is 6.01. The molecule has 15 heavy (non-hydrogen) atoms. The highest BCUT2D eigenvalue weighted by Gasteiger charge is 2.23. The van der Waals surface area contributed by atoms with Crippen LogP contribution in [0.25, 0.3) is 0 Å². The van der Waals surface area contributed by atoms with E-state index in [2.05, 4.69) is 17.1 Å². The van der Waals surface area contributed by atoms with Crippen LogP contribution < -0.4 is 5.32 Å². The van der Waals surface area contributed by atoms with Crippen molar-refractivity contribution in [2.45, 2.75) is 38.6 Å². The van der Waals surface area contributed by atoms with Gasteiger partial charge >= 0.3 is 0 Å². The molecule has 0 aromatic rings. The Labute approximate surface area is 91.5 Å². The van der Waals surface area contributed by atoms with Gasteiger partial charge in [0.15, 0.2) is 5.78 Å². The lowest BCUT2D eigenvalue weighted by Crippen LogP contribution is -2.37. The number of hydrogen-bond acceptors (Lipinski definition) is 3. The van der Waals surface area contributed by atoms with Crippen LogP contribution in [0.2, 0.25) is 0 Å². The lowest BCUT2D eigenvalue weighted by atomic mass is 10.2. The highest BCUT2D eigenvalue weighted by Crippen LogP contribution is 2.17. The van der Waals surface area contributed by atoms with Crippen LogP contribution in [0.15, 0.2) is 11.8 Å². The zero-order chi connectivity index (χ0) is 10.7. The van der Waals surface area contributed by atoms with Gasteiger partial charge in [0.1, 0.15) is 0 Å². The molecule has 1 heterocycles. The summed E-state index contributed by atoms with van der Waals surface area (Å²) in [6.07, 6.45) is 5.99. The van der Waals surface area contributed by atoms with Gasteiger partial charge in [-0.1, -0.05) is 6.92 Å². The fourth-order valence-corrected chi connectivity index (χ4v) is 2.53. The summed E-state index contributed by atoms with van der Waals surface area (Å²) >= 11 is 0. The fraction of sp³-hybridized carbons (Fsp3) is 0.750. The Hall–Kier alpha value is -0.830. The zero-order valence-electron chi connectivity index (χ0n) is 9.46. The highest BCUT2D eigenvalue weighted by molar-refractivity contribution is 5.92. The number of allylic oxidation sites excluding steroid dienone is 2. The molecule has 1 aliphatic carbocycles. The van der Waals surface area contributed by atoms with E-state index in [1.165, 1.54) is 19.4 Å². The van der Waals surface area contributed by atoms with Gasteiger partial charge in [-0.25, -0.2) is 0 Å². The second kappa shape index (κ2) is 4.79. The van der Waals surface area contributed by atoms with Gasteiger partial charge in [0.2, 0.25) is 0 Å². The van der Waals surface area contributed by atoms with E-state index >= 15 is 0 Å². The molecule has 1 aliphatic heterocycles. The molecule has 0 amide bonds. The maximum atomic E-state index is 11.0. The van der Waals surface area contributed by atoms with Crippen molar-refractivity contribution < 1.29 is 4.79 Å². The third-order valence-electron chi connectivity index (χ3n) is 3.45. The summed E-state index contributed by atoms with van der Waals surface area (Å²) in [7, 11) is 0. The van der Waals surface area contributed by atoms with E-state index in [4.69, 9.17) is 0 Å². The molecule has 1 N–H and O–H groups in total. The van der Waals surface area contributed by atoms with Crippen molar-refractivity contribution in [2.75, 3.05) is 19.6 Å². The molecule has 0 spiro atoms. The Balaban J connectivity index is 1.78. The molecule has 3 heteroatoms. The minimum absolute atomic E-state index is 0.274. The Morgan fingerprint density at radius 1 is 1.53 bits per heavy atom. The maximum absolute atomic E-state index is 11.0. The standard InChI is InChI=1S/C12H20N2O/c1-2-14-7-3-4-11(14)9-13-10-5-6-12(15)8-10/h8,11,13H,2-7,9H2,1H3. The van der Waals surface area contributed by atoms with Crippen molar-refractivity contribution in [1.29, 1.82) is 0 Å². The lowest BCUT2D eigenvalue weighted by molar-refractivity contribution is -0.114. The van der Waals surface area contributed by atoms with E-state index in [0.717, 1.165) is 25.2 Å². The third kappa shape index (κ3) is 2.59. The Kier molecular flexibility index (Phi) is 3.41. The number of nitrogens with zero attached hydrogens (tertiary/aromatic N) is 1. The van der Waals surface area contributed by atoms with Gasteiger partial charge in [-0.3, -0.25) is 9.69 Å². The first-order chi connectivity index (χ1) is 7.29. The molecule has 84 valence electrons. The van der Waals surface area contributed by atoms with Crippen LogP contribution in [0.4, 0.5) is 0 Å². The smallest absolute Gasteiger partial charge is 0.157 e. The van der Waals surface area contributed by atoms with Crippen molar-refractivity contribution in [3.8, 4) is 0 Å². The van der Waals surface area contributed by atoms with Gasteiger partial charge in [-0.2, -0.15) is 0 Å². The second-order valence-electron chi connectivity index (χ2n) is 4.44. The van der Waals surface area contributed by atoms with E-state index in [1.807, 2.05) is 0 Å². The van der Waals surface area contributed by atoms with Crippen LogP contribution in [0.3, 0.4) is 0 Å². The lowest BCUT2D eigenvalue weighted by Gasteiger charge is -2.23. The Bertz CT molecular complexity index is 273. The Morgan fingerprint density at radius 3 is 3.07 bits per heavy atom. The van der Waals surface area contributed by atoms with E-state index in [-0.39, 0.29) is 5.78 Å². The van der Waals surface area contributed by atoms with Crippen LogP contribution in [-0.2, 0) is 4.79 Å². The molecule has 1 fully saturated rings. The molecule has 2 aliphatic rings. The molecular weight excluding hydrogens is 188 g/mol. The normalized spacial score (nSPS) is 27.1. The molecule has 0 bridgehead atoms. The molecule has 3 nitrogen and oxygen atoms in total. The van der Waals surface area contributed by atoms with Gasteiger partial charge in [0, 0.05) is 30.8 Å². The molecule has 0 aromatic heterocycles. The summed E-state index contributed by atoms with van der Waals surface area (Å²) < 4.78 is 0. The summed E-state index contributed by atoms with van der Waals surface area (Å²) in [6, 6.07) is 0.673. The van der Waals surface area contributed by atoms with Gasteiger partial charge < -0.3 is 5.32 Å². The molecule has 0 aromatic carbocycles. The van der Waals surface area contributed by atoms with Crippen LogP contribution in [0.5, 0.6) is 0 Å². The molecule has 0 radical (unpaired) electrons. The van der Waals surface area contributed by atoms with Crippen LogP contribution in [-0.4, -0.2) is 36.4 Å². The number of rotatable bonds is 4. The van der Waals surface area contributed by atoms with Crippen molar-refractivity contribution in [3.63, 3.8) is 0 Å². The van der Waals surface area contributed by atoms with Gasteiger partial charge in [0.25, 0.3) is 0 Å². The van der Waals surface area contributed by atoms with Crippen molar-refractivity contribution in [2.24, 2.45) is 0 Å². The maximum Gasteiger partial charge on any atom is 0.157 e. The highest BCUT2D eigenvalue weighted by atomic mass is 16.1. The van der Waals surface area contributed by atoms with E-state index in [1.54, 1.807) is 6.08 Å². The molecule has 1 saturated heterocycles. The quantitative estimate of drug-likeness (QED) is 0.756. The van der Waals surface area contributed by atoms with E-state index in [9.17, 15) is 4.79 Å². The number of carbonyl (C=O) groups excluding carboxylic acids is 1. The summed E-state index contributed by atoms with van der Waals surface area (Å²) in [4.78, 5) is 13.6. The van der Waals surface area contributed by atoms with Crippen LogP contribution >= 0.6 is 0 Å². The topological polar surface area (TPSA) is 32.3 Å². The van der Waals surface area contributed by atoms with Crippen LogP contribution in [0.1, 0.15) is 32.6 Å². The van der Waals surface area contributed by atoms with Gasteiger partial charge in [0.05, 0.1) is 0 Å². The number of carbonyl (C=O) groups is 1. The summed E-state index contributed by atoms with van der Waals surface area (Å²) in [5.41, 5.74) is 1.14. The predicted octanol–water partition coefficient (Wildman–Crippen LogP) is 1.31. The molecule has 2 rings (SSSR count). The van der Waals surface area contributed by atoms with Crippen molar-refractivity contribution in [1.82, 2.24) is 10.2 Å². The van der Waals surface area contributed by atoms with Crippen LogP contribution in [0, 0.1) is 0 Å². The molecule has 1 atom stereocenters. The summed E-state index contributed by atoms with van der Waals surface area (Å²) in [5, 5.41) is 3.42. The zero-order valence-corrected chi connectivity index (χ0v) is 9.46. The van der Waals surface area contributed by atoms with Crippen molar-refractivity contribution >= 4 is 5.78 Å². The average Bonchev–Trinajstić information content (AvgIpc) is 2.83. The van der Waals surface area contributed by atoms with Gasteiger partial charge in [-0.15, -0.1) is 0 Å². The Morgan fingerprint density at radius 2 is 2.40 bits per heavy atom. The third-order valence-corrected chi connectivity index (χ3v) is 3.45. The number of likely N-dealkylation sites (N-methyl/N-ethyl adjacent to an activating group) is 1. The first-order valence-corrected chi connectivity index (χ1v) is 6.01.